The lowest BCUT2D eigenvalue weighted by Crippen LogP contribution is -2.42. The molecule has 0 saturated heterocycles. The summed E-state index contributed by atoms with van der Waals surface area (Å²) >= 11 is 0. The molecule has 0 aliphatic carbocycles. The van der Waals surface area contributed by atoms with Crippen LogP contribution in [0.4, 0.5) is 13.2 Å². The summed E-state index contributed by atoms with van der Waals surface area (Å²) in [7, 11) is 0. The third-order valence-electron chi connectivity index (χ3n) is 4.00. The summed E-state index contributed by atoms with van der Waals surface area (Å²) < 4.78 is 48.7. The molecule has 1 aliphatic heterocycles. The van der Waals surface area contributed by atoms with Crippen LogP contribution in [0.25, 0.3) is 5.69 Å². The fraction of sp³-hybridized carbons (Fsp3) is 0.294. The Morgan fingerprint density at radius 3 is 2.70 bits per heavy atom. The Morgan fingerprint density at radius 2 is 2.00 bits per heavy atom. The average Bonchev–Trinajstić information content (AvgIpc) is 3.06. The molecule has 144 valence electrons. The van der Waals surface area contributed by atoms with E-state index >= 15 is 0 Å². The maximum Gasteiger partial charge on any atom is 0.416 e. The Morgan fingerprint density at radius 1 is 1.30 bits per heavy atom. The van der Waals surface area contributed by atoms with E-state index in [9.17, 15) is 22.8 Å². The smallest absolute Gasteiger partial charge is 0.416 e. The number of aryl methyl sites for hydroxylation is 1. The average molecular weight is 384 g/mol. The van der Waals surface area contributed by atoms with Gasteiger partial charge in [0.05, 0.1) is 12.2 Å². The number of aliphatic hydroxyl groups is 1. The maximum absolute atomic E-state index is 12.7. The van der Waals surface area contributed by atoms with Gasteiger partial charge >= 0.3 is 6.18 Å². The number of aliphatic hydroxyl groups excluding tert-OH is 1. The van der Waals surface area contributed by atoms with Crippen molar-refractivity contribution in [2.24, 2.45) is 0 Å². The molecule has 0 saturated carbocycles. The molecule has 1 aliphatic rings. The molecule has 1 amide bonds. The lowest BCUT2D eigenvalue weighted by atomic mass is 10.1. The highest BCUT2D eigenvalue weighted by molar-refractivity contribution is 5.95. The number of carbonyl (C=O) groups is 1. The minimum absolute atomic E-state index is 0.0524. The van der Waals surface area contributed by atoms with Gasteiger partial charge in [-0.15, -0.1) is 0 Å². The molecule has 0 bridgehead atoms. The van der Waals surface area contributed by atoms with Gasteiger partial charge in [-0.2, -0.15) is 13.2 Å². The number of ether oxygens (including phenoxy) is 2. The van der Waals surface area contributed by atoms with E-state index in [1.165, 1.54) is 23.8 Å². The largest absolute Gasteiger partial charge is 0.454 e. The molecule has 1 aromatic carbocycles. The van der Waals surface area contributed by atoms with Crippen molar-refractivity contribution in [1.82, 2.24) is 9.88 Å². The zero-order valence-corrected chi connectivity index (χ0v) is 14.0. The van der Waals surface area contributed by atoms with Gasteiger partial charge in [-0.25, -0.2) is 0 Å². The van der Waals surface area contributed by atoms with Crippen LogP contribution in [0.5, 0.6) is 11.5 Å². The van der Waals surface area contributed by atoms with Crippen molar-refractivity contribution in [3.63, 3.8) is 0 Å². The van der Waals surface area contributed by atoms with E-state index in [4.69, 9.17) is 14.6 Å². The van der Waals surface area contributed by atoms with Crippen molar-refractivity contribution < 1.29 is 32.5 Å². The fourth-order valence-electron chi connectivity index (χ4n) is 2.53. The molecule has 0 fully saturated rings. The fourth-order valence-corrected chi connectivity index (χ4v) is 2.53. The molecular weight excluding hydrogens is 369 g/mol. The molecule has 0 radical (unpaired) electrons. The molecule has 3 rings (SSSR count). The first-order valence-electron chi connectivity index (χ1n) is 7.83. The van der Waals surface area contributed by atoms with Crippen LogP contribution in [0.2, 0.25) is 0 Å². The van der Waals surface area contributed by atoms with Gasteiger partial charge in [0.1, 0.15) is 5.56 Å². The lowest BCUT2D eigenvalue weighted by Gasteiger charge is -2.16. The highest BCUT2D eigenvalue weighted by Crippen LogP contribution is 2.33. The first-order valence-corrected chi connectivity index (χ1v) is 7.83. The summed E-state index contributed by atoms with van der Waals surface area (Å²) in [4.78, 5) is 25.0. The quantitative estimate of drug-likeness (QED) is 0.835. The molecule has 10 heteroatoms. The lowest BCUT2D eigenvalue weighted by molar-refractivity contribution is -0.201. The number of hydrogen-bond donors (Lipinski definition) is 2. The zero-order valence-electron chi connectivity index (χ0n) is 14.0. The third-order valence-corrected chi connectivity index (χ3v) is 4.00. The number of hydrogen-bond acceptors (Lipinski definition) is 5. The van der Waals surface area contributed by atoms with Gasteiger partial charge in [-0.1, -0.05) is 0 Å². The van der Waals surface area contributed by atoms with Gasteiger partial charge < -0.3 is 19.9 Å². The van der Waals surface area contributed by atoms with Crippen LogP contribution < -0.4 is 20.3 Å². The van der Waals surface area contributed by atoms with E-state index in [1.54, 1.807) is 18.2 Å². The van der Waals surface area contributed by atoms with Gasteiger partial charge in [0.2, 0.25) is 6.79 Å². The molecule has 27 heavy (non-hydrogen) atoms. The van der Waals surface area contributed by atoms with Crippen LogP contribution in [0.15, 0.2) is 35.3 Å². The first-order chi connectivity index (χ1) is 12.7. The Kier molecular flexibility index (Phi) is 4.83. The van der Waals surface area contributed by atoms with Gasteiger partial charge in [0.15, 0.2) is 17.6 Å². The van der Waals surface area contributed by atoms with Crippen LogP contribution in [-0.2, 0) is 0 Å². The summed E-state index contributed by atoms with van der Waals surface area (Å²) in [5.74, 6) is -0.0619. The number of halogens is 3. The standard InChI is InChI=1S/C17H15F3N2O5/c1-9-4-5-22(10-2-3-11-12(6-10)27-8-26-11)16(25)14(9)15(24)21-7-13(23)17(18,19)20/h2-6,13,23H,7-8H2,1H3,(H,21,24). The van der Waals surface area contributed by atoms with Crippen molar-refractivity contribution in [1.29, 1.82) is 0 Å². The van der Waals surface area contributed by atoms with E-state index < -0.39 is 30.3 Å². The number of rotatable bonds is 4. The number of alkyl halides is 3. The van der Waals surface area contributed by atoms with Gasteiger partial charge in [-0.05, 0) is 30.7 Å². The zero-order chi connectivity index (χ0) is 19.8. The number of fused-ring (bicyclic) bond motifs is 1. The molecule has 0 spiro atoms. The van der Waals surface area contributed by atoms with Crippen LogP contribution in [0.1, 0.15) is 15.9 Å². The molecule has 1 atom stereocenters. The van der Waals surface area contributed by atoms with Crippen molar-refractivity contribution in [3.05, 3.63) is 51.9 Å². The second kappa shape index (κ2) is 6.95. The summed E-state index contributed by atoms with van der Waals surface area (Å²) in [6.45, 7) is 0.484. The normalized spacial score (nSPS) is 14.1. The Bertz CT molecular complexity index is 939. The summed E-state index contributed by atoms with van der Waals surface area (Å²) in [6, 6.07) is 6.22. The second-order valence-corrected chi connectivity index (χ2v) is 5.85. The van der Waals surface area contributed by atoms with Crippen LogP contribution >= 0.6 is 0 Å². The number of carbonyl (C=O) groups excluding carboxylic acids is 1. The van der Waals surface area contributed by atoms with E-state index in [-0.39, 0.29) is 17.9 Å². The minimum Gasteiger partial charge on any atom is -0.454 e. The third kappa shape index (κ3) is 3.75. The topological polar surface area (TPSA) is 89.8 Å². The van der Waals surface area contributed by atoms with E-state index in [1.807, 2.05) is 5.32 Å². The maximum atomic E-state index is 12.7. The number of benzene rings is 1. The summed E-state index contributed by atoms with van der Waals surface area (Å²) in [5.41, 5.74) is -0.345. The molecular formula is C17H15F3N2O5. The monoisotopic (exact) mass is 384 g/mol. The van der Waals surface area contributed by atoms with Crippen LogP contribution in [0, 0.1) is 6.92 Å². The van der Waals surface area contributed by atoms with E-state index in [0.29, 0.717) is 17.2 Å². The molecule has 7 nitrogen and oxygen atoms in total. The van der Waals surface area contributed by atoms with Crippen LogP contribution in [0.3, 0.4) is 0 Å². The Balaban J connectivity index is 1.90. The minimum atomic E-state index is -4.87. The van der Waals surface area contributed by atoms with Crippen molar-refractivity contribution in [2.45, 2.75) is 19.2 Å². The molecule has 2 N–H and O–H groups in total. The Hall–Kier alpha value is -3.01. The van der Waals surface area contributed by atoms with E-state index in [2.05, 4.69) is 0 Å². The molecule has 2 heterocycles. The van der Waals surface area contributed by atoms with Crippen LogP contribution in [-0.4, -0.2) is 41.2 Å². The predicted octanol–water partition coefficient (Wildman–Crippen LogP) is 1.53. The van der Waals surface area contributed by atoms with Gasteiger partial charge in [-0.3, -0.25) is 14.2 Å². The predicted molar refractivity (Wildman–Crippen MR) is 87.3 cm³/mol. The first kappa shape index (κ1) is 18.8. The molecule has 2 aromatic rings. The number of nitrogens with zero attached hydrogens (tertiary/aromatic N) is 1. The van der Waals surface area contributed by atoms with Gasteiger partial charge in [0.25, 0.3) is 11.5 Å². The molecule has 1 aromatic heterocycles. The van der Waals surface area contributed by atoms with Crippen molar-refractivity contribution in [2.75, 3.05) is 13.3 Å². The number of nitrogens with one attached hydrogen (secondary N) is 1. The Labute approximate surface area is 150 Å². The second-order valence-electron chi connectivity index (χ2n) is 5.85. The van der Waals surface area contributed by atoms with E-state index in [0.717, 1.165) is 0 Å². The highest BCUT2D eigenvalue weighted by atomic mass is 19.4. The van der Waals surface area contributed by atoms with Crippen molar-refractivity contribution in [3.8, 4) is 17.2 Å². The summed E-state index contributed by atoms with van der Waals surface area (Å²) in [6.07, 6.45) is -6.15. The van der Waals surface area contributed by atoms with Gasteiger partial charge in [0, 0.05) is 12.3 Å². The number of pyridine rings is 1. The highest BCUT2D eigenvalue weighted by Gasteiger charge is 2.38. The number of aromatic nitrogens is 1. The number of amides is 1. The summed E-state index contributed by atoms with van der Waals surface area (Å²) in [5, 5.41) is 10.9. The van der Waals surface area contributed by atoms with Crippen molar-refractivity contribution >= 4 is 5.91 Å². The molecule has 1 unspecified atom stereocenters. The SMILES string of the molecule is Cc1ccn(-c2ccc3c(c2)OCO3)c(=O)c1C(=O)NCC(O)C(F)(F)F.